The number of methoxy groups -OCH3 is 1. The number of benzene rings is 3. The first kappa shape index (κ1) is 23.9. The molecule has 0 radical (unpaired) electrons. The van der Waals surface area contributed by atoms with E-state index < -0.39 is 5.25 Å². The van der Waals surface area contributed by atoms with Gasteiger partial charge in [0.2, 0.25) is 5.91 Å². The first-order valence-electron chi connectivity index (χ1n) is 10.9. The third-order valence-electron chi connectivity index (χ3n) is 5.12. The standard InChI is InChI=1S/C28H23N3O3S/c1-19(27(32)30-22-11-15-25(16-12-22)34-24-6-4-3-5-7-24)35-28-21(18-29)10-17-26(31-28)20-8-13-23(33-2)14-9-20/h3-17,19H,1-2H3,(H,30,32). The molecule has 0 spiro atoms. The Morgan fingerprint density at radius 3 is 2.23 bits per heavy atom. The first-order chi connectivity index (χ1) is 17.1. The largest absolute Gasteiger partial charge is 0.497 e. The van der Waals surface area contributed by atoms with Crippen molar-refractivity contribution in [2.24, 2.45) is 0 Å². The molecule has 1 unspecified atom stereocenters. The van der Waals surface area contributed by atoms with Gasteiger partial charge in [-0.05, 0) is 79.7 Å². The topological polar surface area (TPSA) is 84.2 Å². The van der Waals surface area contributed by atoms with Crippen LogP contribution >= 0.6 is 11.8 Å². The Kier molecular flexibility index (Phi) is 7.66. The van der Waals surface area contributed by atoms with Gasteiger partial charge in [0.15, 0.2) is 0 Å². The van der Waals surface area contributed by atoms with E-state index in [2.05, 4.69) is 16.4 Å². The van der Waals surface area contributed by atoms with Gasteiger partial charge in [-0.1, -0.05) is 30.0 Å². The van der Waals surface area contributed by atoms with Crippen LogP contribution in [0.2, 0.25) is 0 Å². The maximum atomic E-state index is 12.8. The fourth-order valence-electron chi connectivity index (χ4n) is 3.23. The number of nitrogens with zero attached hydrogens (tertiary/aromatic N) is 2. The van der Waals surface area contributed by atoms with E-state index in [1.54, 1.807) is 50.4 Å². The molecule has 0 fully saturated rings. The Hall–Kier alpha value is -4.28. The number of amides is 1. The van der Waals surface area contributed by atoms with Crippen molar-refractivity contribution in [2.75, 3.05) is 12.4 Å². The molecule has 174 valence electrons. The van der Waals surface area contributed by atoms with E-state index in [9.17, 15) is 10.1 Å². The second-order valence-corrected chi connectivity index (χ2v) is 8.91. The van der Waals surface area contributed by atoms with Crippen LogP contribution in [0.3, 0.4) is 0 Å². The van der Waals surface area contributed by atoms with Gasteiger partial charge in [0.25, 0.3) is 0 Å². The summed E-state index contributed by atoms with van der Waals surface area (Å²) in [5, 5.41) is 12.5. The summed E-state index contributed by atoms with van der Waals surface area (Å²) in [6.45, 7) is 1.79. The average molecular weight is 482 g/mol. The highest BCUT2D eigenvalue weighted by Gasteiger charge is 2.18. The zero-order valence-electron chi connectivity index (χ0n) is 19.3. The molecule has 35 heavy (non-hydrogen) atoms. The molecule has 0 saturated carbocycles. The van der Waals surface area contributed by atoms with Crippen LogP contribution in [0.15, 0.2) is 96.0 Å². The predicted octanol–water partition coefficient (Wildman–Crippen LogP) is 6.54. The quantitative estimate of drug-likeness (QED) is 0.288. The number of carbonyl (C=O) groups excluding carboxylic acids is 1. The molecule has 3 aromatic carbocycles. The van der Waals surface area contributed by atoms with Crippen molar-refractivity contribution in [3.8, 4) is 34.6 Å². The van der Waals surface area contributed by atoms with E-state index in [1.165, 1.54) is 11.8 Å². The van der Waals surface area contributed by atoms with Gasteiger partial charge in [0.1, 0.15) is 28.3 Å². The lowest BCUT2D eigenvalue weighted by Gasteiger charge is -2.14. The number of anilines is 1. The van der Waals surface area contributed by atoms with E-state index in [0.29, 0.717) is 22.0 Å². The van der Waals surface area contributed by atoms with E-state index in [-0.39, 0.29) is 5.91 Å². The van der Waals surface area contributed by atoms with Crippen LogP contribution in [0.1, 0.15) is 12.5 Å². The lowest BCUT2D eigenvalue weighted by molar-refractivity contribution is -0.115. The maximum absolute atomic E-state index is 12.8. The van der Waals surface area contributed by atoms with E-state index in [1.807, 2.05) is 54.6 Å². The smallest absolute Gasteiger partial charge is 0.237 e. The minimum Gasteiger partial charge on any atom is -0.497 e. The van der Waals surface area contributed by atoms with Crippen LogP contribution in [0.5, 0.6) is 17.2 Å². The molecule has 1 N–H and O–H groups in total. The number of nitriles is 1. The van der Waals surface area contributed by atoms with Crippen molar-refractivity contribution in [3.05, 3.63) is 96.6 Å². The summed E-state index contributed by atoms with van der Waals surface area (Å²) in [6, 6.07) is 29.9. The zero-order chi connectivity index (χ0) is 24.6. The van der Waals surface area contributed by atoms with Crippen molar-refractivity contribution in [1.29, 1.82) is 5.26 Å². The summed E-state index contributed by atoms with van der Waals surface area (Å²) in [7, 11) is 1.61. The van der Waals surface area contributed by atoms with Gasteiger partial charge in [-0.15, -0.1) is 0 Å². The second kappa shape index (κ2) is 11.2. The highest BCUT2D eigenvalue weighted by Crippen LogP contribution is 2.30. The molecule has 0 aliphatic rings. The van der Waals surface area contributed by atoms with Gasteiger partial charge < -0.3 is 14.8 Å². The zero-order valence-corrected chi connectivity index (χ0v) is 20.1. The number of carbonyl (C=O) groups is 1. The Balaban J connectivity index is 1.42. The number of rotatable bonds is 8. The molecule has 6 nitrogen and oxygen atoms in total. The van der Waals surface area contributed by atoms with Gasteiger partial charge in [-0.3, -0.25) is 4.79 Å². The molecule has 7 heteroatoms. The van der Waals surface area contributed by atoms with E-state index >= 15 is 0 Å². The number of thioether (sulfide) groups is 1. The Bertz CT molecular complexity index is 1330. The number of hydrogen-bond donors (Lipinski definition) is 1. The highest BCUT2D eigenvalue weighted by atomic mass is 32.2. The van der Waals surface area contributed by atoms with E-state index in [0.717, 1.165) is 22.8 Å². The summed E-state index contributed by atoms with van der Waals surface area (Å²) in [6.07, 6.45) is 0. The lowest BCUT2D eigenvalue weighted by Crippen LogP contribution is -2.22. The molecule has 0 saturated heterocycles. The van der Waals surface area contributed by atoms with Crippen molar-refractivity contribution >= 4 is 23.4 Å². The van der Waals surface area contributed by atoms with Crippen LogP contribution in [-0.4, -0.2) is 23.3 Å². The fraction of sp³-hybridized carbons (Fsp3) is 0.107. The number of nitrogens with one attached hydrogen (secondary N) is 1. The minimum absolute atomic E-state index is 0.188. The normalized spacial score (nSPS) is 11.2. The molecule has 4 rings (SSSR count). The molecular formula is C28H23N3O3S. The molecule has 0 aliphatic carbocycles. The van der Waals surface area contributed by atoms with Gasteiger partial charge in [0, 0.05) is 11.3 Å². The monoisotopic (exact) mass is 481 g/mol. The van der Waals surface area contributed by atoms with Crippen LogP contribution < -0.4 is 14.8 Å². The predicted molar refractivity (Wildman–Crippen MR) is 138 cm³/mol. The summed E-state index contributed by atoms with van der Waals surface area (Å²) in [5.41, 5.74) is 2.69. The molecular weight excluding hydrogens is 458 g/mol. The average Bonchev–Trinajstić information content (AvgIpc) is 2.90. The summed E-state index contributed by atoms with van der Waals surface area (Å²) >= 11 is 1.25. The van der Waals surface area contributed by atoms with Crippen LogP contribution in [-0.2, 0) is 4.79 Å². The second-order valence-electron chi connectivity index (χ2n) is 7.58. The summed E-state index contributed by atoms with van der Waals surface area (Å²) in [5.74, 6) is 1.98. The molecule has 4 aromatic rings. The van der Waals surface area contributed by atoms with Gasteiger partial charge in [0.05, 0.1) is 23.6 Å². The lowest BCUT2D eigenvalue weighted by atomic mass is 10.1. The van der Waals surface area contributed by atoms with Crippen molar-refractivity contribution in [1.82, 2.24) is 4.98 Å². The molecule has 1 heterocycles. The first-order valence-corrected chi connectivity index (χ1v) is 11.8. The van der Waals surface area contributed by atoms with E-state index in [4.69, 9.17) is 9.47 Å². The van der Waals surface area contributed by atoms with Crippen molar-refractivity contribution in [2.45, 2.75) is 17.2 Å². The molecule has 0 aliphatic heterocycles. The third-order valence-corrected chi connectivity index (χ3v) is 6.23. The van der Waals surface area contributed by atoms with Gasteiger partial charge in [-0.2, -0.15) is 5.26 Å². The number of aromatic nitrogens is 1. The highest BCUT2D eigenvalue weighted by molar-refractivity contribution is 8.00. The Morgan fingerprint density at radius 1 is 0.914 bits per heavy atom. The summed E-state index contributed by atoms with van der Waals surface area (Å²) < 4.78 is 11.0. The van der Waals surface area contributed by atoms with Crippen LogP contribution in [0, 0.1) is 11.3 Å². The Labute approximate surface area is 208 Å². The van der Waals surface area contributed by atoms with Gasteiger partial charge >= 0.3 is 0 Å². The SMILES string of the molecule is COc1ccc(-c2ccc(C#N)c(SC(C)C(=O)Nc3ccc(Oc4ccccc4)cc3)n2)cc1. The van der Waals surface area contributed by atoms with Crippen LogP contribution in [0.25, 0.3) is 11.3 Å². The maximum Gasteiger partial charge on any atom is 0.237 e. The molecule has 1 atom stereocenters. The minimum atomic E-state index is -0.471. The number of hydrogen-bond acceptors (Lipinski definition) is 6. The van der Waals surface area contributed by atoms with Crippen molar-refractivity contribution in [3.63, 3.8) is 0 Å². The third kappa shape index (κ3) is 6.19. The van der Waals surface area contributed by atoms with Crippen molar-refractivity contribution < 1.29 is 14.3 Å². The van der Waals surface area contributed by atoms with Crippen LogP contribution in [0.4, 0.5) is 5.69 Å². The number of pyridine rings is 1. The molecule has 0 bridgehead atoms. The number of para-hydroxylation sites is 1. The van der Waals surface area contributed by atoms with Gasteiger partial charge in [-0.25, -0.2) is 4.98 Å². The molecule has 1 amide bonds. The summed E-state index contributed by atoms with van der Waals surface area (Å²) in [4.78, 5) is 17.5. The molecule has 1 aromatic heterocycles. The number of ether oxygens (including phenoxy) is 2. The Morgan fingerprint density at radius 2 is 1.57 bits per heavy atom. The fourth-order valence-corrected chi connectivity index (χ4v) is 4.13.